The van der Waals surface area contributed by atoms with Gasteiger partial charge in [-0.05, 0) is 18.6 Å². The Kier molecular flexibility index (Phi) is 3.47. The van der Waals surface area contributed by atoms with Crippen molar-refractivity contribution in [2.24, 2.45) is 7.05 Å². The molecular formula is C14H18N2O. The summed E-state index contributed by atoms with van der Waals surface area (Å²) in [5.74, 6) is 0. The lowest BCUT2D eigenvalue weighted by Gasteiger charge is -2.10. The molecule has 17 heavy (non-hydrogen) atoms. The molecule has 0 amide bonds. The van der Waals surface area contributed by atoms with Gasteiger partial charge in [0.1, 0.15) is 5.69 Å². The number of pyridine rings is 1. The second-order valence-electron chi connectivity index (χ2n) is 4.26. The van der Waals surface area contributed by atoms with Crippen molar-refractivity contribution >= 4 is 16.6 Å². The average molecular weight is 230 g/mol. The number of nitrogens with zero attached hydrogens (tertiary/aromatic N) is 1. The summed E-state index contributed by atoms with van der Waals surface area (Å²) in [5, 5.41) is 4.30. The molecule has 0 saturated carbocycles. The number of benzene rings is 1. The van der Waals surface area contributed by atoms with E-state index in [4.69, 9.17) is 0 Å². The highest BCUT2D eigenvalue weighted by Crippen LogP contribution is 2.14. The number of aryl methyl sites for hydroxylation is 1. The smallest absolute Gasteiger partial charge is 0.274 e. The molecule has 0 radical (unpaired) electrons. The molecule has 0 aliphatic heterocycles. The number of unbranched alkanes of at least 4 members (excludes halogenated alkanes) is 1. The van der Waals surface area contributed by atoms with E-state index >= 15 is 0 Å². The zero-order chi connectivity index (χ0) is 12.3. The van der Waals surface area contributed by atoms with Crippen molar-refractivity contribution in [2.45, 2.75) is 19.8 Å². The molecule has 2 rings (SSSR count). The highest BCUT2D eigenvalue weighted by atomic mass is 16.1. The molecule has 1 heterocycles. The van der Waals surface area contributed by atoms with E-state index in [1.165, 1.54) is 0 Å². The largest absolute Gasteiger partial charge is 0.381 e. The highest BCUT2D eigenvalue weighted by molar-refractivity contribution is 5.82. The third-order valence-electron chi connectivity index (χ3n) is 2.98. The molecule has 0 aliphatic carbocycles. The van der Waals surface area contributed by atoms with E-state index in [0.717, 1.165) is 30.3 Å². The Morgan fingerprint density at radius 3 is 2.82 bits per heavy atom. The van der Waals surface area contributed by atoms with Gasteiger partial charge in [-0.1, -0.05) is 31.5 Å². The van der Waals surface area contributed by atoms with Gasteiger partial charge in [-0.25, -0.2) is 0 Å². The summed E-state index contributed by atoms with van der Waals surface area (Å²) in [5.41, 5.74) is 1.71. The molecule has 0 atom stereocenters. The molecule has 1 aromatic carbocycles. The maximum atomic E-state index is 12.1. The normalized spacial score (nSPS) is 10.7. The van der Waals surface area contributed by atoms with Crippen molar-refractivity contribution in [3.05, 3.63) is 40.7 Å². The maximum Gasteiger partial charge on any atom is 0.274 e. The van der Waals surface area contributed by atoms with Crippen LogP contribution in [0.1, 0.15) is 19.8 Å². The fourth-order valence-corrected chi connectivity index (χ4v) is 1.95. The predicted octanol–water partition coefficient (Wildman–Crippen LogP) is 2.75. The zero-order valence-electron chi connectivity index (χ0n) is 10.4. The first kappa shape index (κ1) is 11.7. The number of nitrogens with one attached hydrogen (secondary N) is 1. The van der Waals surface area contributed by atoms with Gasteiger partial charge in [0.25, 0.3) is 5.56 Å². The molecule has 1 N–H and O–H groups in total. The van der Waals surface area contributed by atoms with Gasteiger partial charge in [0.2, 0.25) is 0 Å². The third-order valence-corrected chi connectivity index (χ3v) is 2.98. The summed E-state index contributed by atoms with van der Waals surface area (Å²) in [7, 11) is 1.82. The van der Waals surface area contributed by atoms with Crippen LogP contribution in [-0.4, -0.2) is 11.1 Å². The van der Waals surface area contributed by atoms with Crippen LogP contribution >= 0.6 is 0 Å². The molecule has 0 aliphatic rings. The molecule has 3 heteroatoms. The molecule has 0 bridgehead atoms. The summed E-state index contributed by atoms with van der Waals surface area (Å²) in [6.45, 7) is 2.99. The number of hydrogen-bond donors (Lipinski definition) is 1. The van der Waals surface area contributed by atoms with Crippen LogP contribution in [-0.2, 0) is 7.05 Å². The average Bonchev–Trinajstić information content (AvgIpc) is 2.35. The van der Waals surface area contributed by atoms with Crippen molar-refractivity contribution in [3.63, 3.8) is 0 Å². The van der Waals surface area contributed by atoms with Crippen molar-refractivity contribution < 1.29 is 0 Å². The number of fused-ring (bicyclic) bond motifs is 1. The van der Waals surface area contributed by atoms with Crippen molar-refractivity contribution in [2.75, 3.05) is 11.9 Å². The van der Waals surface area contributed by atoms with Gasteiger partial charge in [0, 0.05) is 19.0 Å². The first-order chi connectivity index (χ1) is 8.24. The molecule has 1 aromatic heterocycles. The minimum Gasteiger partial charge on any atom is -0.381 e. The summed E-state index contributed by atoms with van der Waals surface area (Å²) in [6, 6.07) is 9.87. The van der Waals surface area contributed by atoms with Gasteiger partial charge in [-0.2, -0.15) is 0 Å². The Labute approximate surface area is 101 Å². The lowest BCUT2D eigenvalue weighted by molar-refractivity contribution is 0.828. The van der Waals surface area contributed by atoms with E-state index in [9.17, 15) is 4.79 Å². The van der Waals surface area contributed by atoms with Crippen molar-refractivity contribution in [1.82, 2.24) is 4.57 Å². The molecule has 0 saturated heterocycles. The van der Waals surface area contributed by atoms with Gasteiger partial charge in [-0.15, -0.1) is 0 Å². The quantitative estimate of drug-likeness (QED) is 0.819. The van der Waals surface area contributed by atoms with Crippen LogP contribution in [0.15, 0.2) is 35.1 Å². The summed E-state index contributed by atoms with van der Waals surface area (Å²) in [4.78, 5) is 12.1. The summed E-state index contributed by atoms with van der Waals surface area (Å²) >= 11 is 0. The third kappa shape index (κ3) is 2.33. The summed E-state index contributed by atoms with van der Waals surface area (Å²) < 4.78 is 1.70. The van der Waals surface area contributed by atoms with Gasteiger partial charge in [0.05, 0.1) is 5.52 Å². The maximum absolute atomic E-state index is 12.1. The van der Waals surface area contributed by atoms with Crippen LogP contribution < -0.4 is 10.9 Å². The van der Waals surface area contributed by atoms with Gasteiger partial charge in [0.15, 0.2) is 0 Å². The number of anilines is 1. The monoisotopic (exact) mass is 230 g/mol. The molecule has 3 nitrogen and oxygen atoms in total. The van der Waals surface area contributed by atoms with E-state index in [0.29, 0.717) is 5.69 Å². The molecule has 0 spiro atoms. The number of hydrogen-bond acceptors (Lipinski definition) is 2. The highest BCUT2D eigenvalue weighted by Gasteiger charge is 2.05. The molecule has 0 unspecified atom stereocenters. The summed E-state index contributed by atoms with van der Waals surface area (Å²) in [6.07, 6.45) is 2.21. The van der Waals surface area contributed by atoms with Crippen LogP contribution in [0.2, 0.25) is 0 Å². The first-order valence-electron chi connectivity index (χ1n) is 6.06. The van der Waals surface area contributed by atoms with Crippen molar-refractivity contribution in [1.29, 1.82) is 0 Å². The topological polar surface area (TPSA) is 34.0 Å². The van der Waals surface area contributed by atoms with E-state index in [2.05, 4.69) is 12.2 Å². The van der Waals surface area contributed by atoms with E-state index in [-0.39, 0.29) is 5.56 Å². The Hall–Kier alpha value is -1.77. The number of aromatic nitrogens is 1. The lowest BCUT2D eigenvalue weighted by atomic mass is 10.2. The van der Waals surface area contributed by atoms with Crippen LogP contribution in [0.5, 0.6) is 0 Å². The van der Waals surface area contributed by atoms with Crippen molar-refractivity contribution in [3.8, 4) is 0 Å². The Morgan fingerprint density at radius 1 is 1.29 bits per heavy atom. The SMILES string of the molecule is CCCCNc1cc2ccccc2n(C)c1=O. The zero-order valence-corrected chi connectivity index (χ0v) is 10.4. The Morgan fingerprint density at radius 2 is 2.06 bits per heavy atom. The van der Waals surface area contributed by atoms with Crippen LogP contribution in [0.3, 0.4) is 0 Å². The van der Waals surface area contributed by atoms with E-state index in [1.807, 2.05) is 37.4 Å². The minimum absolute atomic E-state index is 0.0415. The number of rotatable bonds is 4. The lowest BCUT2D eigenvalue weighted by Crippen LogP contribution is -2.21. The predicted molar refractivity (Wildman–Crippen MR) is 72.6 cm³/mol. The van der Waals surface area contributed by atoms with E-state index in [1.54, 1.807) is 4.57 Å². The second kappa shape index (κ2) is 5.04. The Bertz CT molecular complexity index is 572. The fourth-order valence-electron chi connectivity index (χ4n) is 1.95. The van der Waals surface area contributed by atoms with Gasteiger partial charge >= 0.3 is 0 Å². The Balaban J connectivity index is 2.43. The first-order valence-corrected chi connectivity index (χ1v) is 6.06. The fraction of sp³-hybridized carbons (Fsp3) is 0.357. The van der Waals surface area contributed by atoms with Crippen LogP contribution in [0, 0.1) is 0 Å². The van der Waals surface area contributed by atoms with Crippen LogP contribution in [0.25, 0.3) is 10.9 Å². The van der Waals surface area contributed by atoms with E-state index < -0.39 is 0 Å². The standard InChI is InChI=1S/C14H18N2O/c1-3-4-9-15-12-10-11-7-5-6-8-13(11)16(2)14(12)17/h5-8,10,15H,3-4,9H2,1-2H3. The molecule has 2 aromatic rings. The molecular weight excluding hydrogens is 212 g/mol. The molecule has 90 valence electrons. The van der Waals surface area contributed by atoms with Crippen LogP contribution in [0.4, 0.5) is 5.69 Å². The molecule has 0 fully saturated rings. The second-order valence-corrected chi connectivity index (χ2v) is 4.26. The minimum atomic E-state index is 0.0415. The van der Waals surface area contributed by atoms with Gasteiger partial charge < -0.3 is 9.88 Å². The number of para-hydroxylation sites is 1. The van der Waals surface area contributed by atoms with Gasteiger partial charge in [-0.3, -0.25) is 4.79 Å².